The van der Waals surface area contributed by atoms with Crippen LogP contribution in [0.2, 0.25) is 0 Å². The van der Waals surface area contributed by atoms with E-state index in [1.165, 1.54) is 0 Å². The lowest BCUT2D eigenvalue weighted by molar-refractivity contribution is -0.138. The molecule has 0 spiro atoms. The van der Waals surface area contributed by atoms with Crippen molar-refractivity contribution < 1.29 is 14.7 Å². The molecule has 1 aromatic rings. The summed E-state index contributed by atoms with van der Waals surface area (Å²) in [7, 11) is 0. The zero-order valence-corrected chi connectivity index (χ0v) is 13.3. The van der Waals surface area contributed by atoms with Crippen molar-refractivity contribution in [2.75, 3.05) is 32.7 Å². The summed E-state index contributed by atoms with van der Waals surface area (Å²) in [6.07, 6.45) is 0. The molecule has 2 rings (SSSR count). The number of aromatic nitrogens is 2. The molecule has 0 bridgehead atoms. The molecular weight excluding hydrogens is 292 g/mol. The Bertz CT molecular complexity index is 530. The third-order valence-electron chi connectivity index (χ3n) is 3.41. The lowest BCUT2D eigenvalue weighted by Gasteiger charge is -2.33. The minimum atomic E-state index is -0.837. The van der Waals surface area contributed by atoms with Gasteiger partial charge in [0, 0.05) is 31.6 Å². The summed E-state index contributed by atoms with van der Waals surface area (Å²) in [5, 5.41) is 12.9. The average molecular weight is 312 g/mol. The van der Waals surface area contributed by atoms with Crippen molar-refractivity contribution in [3.05, 3.63) is 10.6 Å². The van der Waals surface area contributed by atoms with Crippen molar-refractivity contribution in [3.8, 4) is 0 Å². The molecule has 0 radical (unpaired) electrons. The van der Waals surface area contributed by atoms with E-state index in [4.69, 9.17) is 5.11 Å². The summed E-state index contributed by atoms with van der Waals surface area (Å²) in [6.45, 7) is 8.27. The zero-order valence-electron chi connectivity index (χ0n) is 12.5. The number of amides is 1. The predicted octanol–water partition coefficient (Wildman–Crippen LogP) is 0.678. The number of hydrogen-bond donors (Lipinski definition) is 1. The van der Waals surface area contributed by atoms with Gasteiger partial charge in [0.1, 0.15) is 4.88 Å². The quantitative estimate of drug-likeness (QED) is 0.883. The van der Waals surface area contributed by atoms with Gasteiger partial charge in [-0.2, -0.15) is 0 Å². The van der Waals surface area contributed by atoms with Gasteiger partial charge in [0.25, 0.3) is 5.91 Å². The normalized spacial score (nSPS) is 17.0. The van der Waals surface area contributed by atoms with Crippen LogP contribution in [0.5, 0.6) is 0 Å². The van der Waals surface area contributed by atoms with Crippen LogP contribution in [-0.2, 0) is 10.2 Å². The van der Waals surface area contributed by atoms with Crippen molar-refractivity contribution >= 4 is 23.4 Å². The molecule has 1 saturated heterocycles. The highest BCUT2D eigenvalue weighted by Gasteiger charge is 2.30. The topological polar surface area (TPSA) is 86.6 Å². The minimum Gasteiger partial charge on any atom is -0.480 e. The number of piperazine rings is 1. The van der Waals surface area contributed by atoms with E-state index in [0.717, 1.165) is 17.2 Å². The highest BCUT2D eigenvalue weighted by atomic mass is 32.1. The SMILES string of the molecule is CC(C)(C)c1nnsc1C(=O)N1CCN(CC(=O)O)CC1. The first-order chi connectivity index (χ1) is 9.79. The van der Waals surface area contributed by atoms with Crippen molar-refractivity contribution in [2.45, 2.75) is 26.2 Å². The fraction of sp³-hybridized carbons (Fsp3) is 0.692. The van der Waals surface area contributed by atoms with Gasteiger partial charge in [0.2, 0.25) is 0 Å². The maximum atomic E-state index is 12.6. The van der Waals surface area contributed by atoms with Crippen LogP contribution in [0.15, 0.2) is 0 Å². The van der Waals surface area contributed by atoms with Gasteiger partial charge in [-0.3, -0.25) is 14.5 Å². The molecule has 116 valence electrons. The van der Waals surface area contributed by atoms with E-state index in [9.17, 15) is 9.59 Å². The lowest BCUT2D eigenvalue weighted by Crippen LogP contribution is -2.50. The van der Waals surface area contributed by atoms with Crippen LogP contribution in [0.25, 0.3) is 0 Å². The zero-order chi connectivity index (χ0) is 15.6. The minimum absolute atomic E-state index is 0.0252. The predicted molar refractivity (Wildman–Crippen MR) is 78.6 cm³/mol. The molecule has 2 heterocycles. The van der Waals surface area contributed by atoms with E-state index in [0.29, 0.717) is 31.1 Å². The Kier molecular flexibility index (Phi) is 4.58. The van der Waals surface area contributed by atoms with Gasteiger partial charge in [0.15, 0.2) is 0 Å². The number of carbonyl (C=O) groups is 2. The molecule has 1 aromatic heterocycles. The Morgan fingerprint density at radius 1 is 1.24 bits per heavy atom. The number of hydrogen-bond acceptors (Lipinski definition) is 6. The molecule has 1 fully saturated rings. The fourth-order valence-electron chi connectivity index (χ4n) is 2.27. The third kappa shape index (κ3) is 3.76. The van der Waals surface area contributed by atoms with E-state index in [1.807, 2.05) is 25.7 Å². The average Bonchev–Trinajstić information content (AvgIpc) is 2.87. The Morgan fingerprint density at radius 2 is 1.86 bits per heavy atom. The third-order valence-corrected chi connectivity index (χ3v) is 4.12. The molecule has 0 aliphatic carbocycles. The van der Waals surface area contributed by atoms with Crippen molar-refractivity contribution in [3.63, 3.8) is 0 Å². The number of rotatable bonds is 3. The van der Waals surface area contributed by atoms with Crippen LogP contribution >= 0.6 is 11.5 Å². The molecule has 0 atom stereocenters. The number of carboxylic acids is 1. The van der Waals surface area contributed by atoms with E-state index in [-0.39, 0.29) is 17.9 Å². The molecule has 8 heteroatoms. The Balaban J connectivity index is 2.03. The number of carbonyl (C=O) groups excluding carboxylic acids is 1. The second kappa shape index (κ2) is 6.07. The molecule has 1 aliphatic heterocycles. The molecule has 7 nitrogen and oxygen atoms in total. The fourth-order valence-corrected chi connectivity index (χ4v) is 3.11. The molecule has 1 aliphatic rings. The van der Waals surface area contributed by atoms with Gasteiger partial charge >= 0.3 is 5.97 Å². The first kappa shape index (κ1) is 15.8. The van der Waals surface area contributed by atoms with Gasteiger partial charge < -0.3 is 10.0 Å². The van der Waals surface area contributed by atoms with Gasteiger partial charge in [-0.25, -0.2) is 0 Å². The van der Waals surface area contributed by atoms with Gasteiger partial charge in [-0.15, -0.1) is 5.10 Å². The smallest absolute Gasteiger partial charge is 0.317 e. The molecule has 0 aromatic carbocycles. The van der Waals surface area contributed by atoms with Crippen LogP contribution in [0.4, 0.5) is 0 Å². The van der Waals surface area contributed by atoms with Crippen LogP contribution < -0.4 is 0 Å². The molecule has 0 saturated carbocycles. The van der Waals surface area contributed by atoms with Crippen LogP contribution in [0.1, 0.15) is 36.1 Å². The summed E-state index contributed by atoms with van der Waals surface area (Å²) in [6, 6.07) is 0. The first-order valence-electron chi connectivity index (χ1n) is 6.85. The lowest BCUT2D eigenvalue weighted by atomic mass is 9.91. The number of aliphatic carboxylic acids is 1. The second-order valence-corrected chi connectivity index (χ2v) is 6.92. The van der Waals surface area contributed by atoms with Crippen LogP contribution in [0, 0.1) is 0 Å². The van der Waals surface area contributed by atoms with Crippen LogP contribution in [0.3, 0.4) is 0 Å². The summed E-state index contributed by atoms with van der Waals surface area (Å²) in [4.78, 5) is 27.4. The molecular formula is C13H20N4O3S. The van der Waals surface area contributed by atoms with E-state index >= 15 is 0 Å². The van der Waals surface area contributed by atoms with Crippen molar-refractivity contribution in [1.82, 2.24) is 19.4 Å². The molecule has 1 amide bonds. The Hall–Kier alpha value is -1.54. The van der Waals surface area contributed by atoms with E-state index < -0.39 is 5.97 Å². The molecule has 0 unspecified atom stereocenters. The van der Waals surface area contributed by atoms with E-state index in [1.54, 1.807) is 4.90 Å². The number of carboxylic acid groups (broad SMARTS) is 1. The second-order valence-electron chi connectivity index (χ2n) is 6.16. The van der Waals surface area contributed by atoms with Crippen molar-refractivity contribution in [1.29, 1.82) is 0 Å². The maximum absolute atomic E-state index is 12.6. The van der Waals surface area contributed by atoms with Crippen molar-refractivity contribution in [2.24, 2.45) is 0 Å². The Morgan fingerprint density at radius 3 is 2.38 bits per heavy atom. The first-order valence-corrected chi connectivity index (χ1v) is 7.62. The standard InChI is InChI=1S/C13H20N4O3S/c1-13(2,3)11-10(21-15-14-11)12(20)17-6-4-16(5-7-17)8-9(18)19/h4-8H2,1-3H3,(H,18,19). The highest BCUT2D eigenvalue weighted by Crippen LogP contribution is 2.27. The summed E-state index contributed by atoms with van der Waals surface area (Å²) >= 11 is 1.13. The summed E-state index contributed by atoms with van der Waals surface area (Å²) < 4.78 is 3.91. The highest BCUT2D eigenvalue weighted by molar-refractivity contribution is 7.08. The van der Waals surface area contributed by atoms with Crippen LogP contribution in [-0.4, -0.2) is 69.1 Å². The molecule has 1 N–H and O–H groups in total. The largest absolute Gasteiger partial charge is 0.480 e. The van der Waals surface area contributed by atoms with Gasteiger partial charge in [-0.1, -0.05) is 25.3 Å². The van der Waals surface area contributed by atoms with Gasteiger partial charge in [-0.05, 0) is 11.5 Å². The molecule has 21 heavy (non-hydrogen) atoms. The Labute approximate surface area is 127 Å². The van der Waals surface area contributed by atoms with E-state index in [2.05, 4.69) is 9.59 Å². The maximum Gasteiger partial charge on any atom is 0.317 e. The summed E-state index contributed by atoms with van der Waals surface area (Å²) in [5.74, 6) is -0.888. The number of nitrogens with zero attached hydrogens (tertiary/aromatic N) is 4. The monoisotopic (exact) mass is 312 g/mol. The summed E-state index contributed by atoms with van der Waals surface area (Å²) in [5.41, 5.74) is 0.508. The van der Waals surface area contributed by atoms with Gasteiger partial charge in [0.05, 0.1) is 12.2 Å².